The molecule has 4 aromatic rings. The van der Waals surface area contributed by atoms with Gasteiger partial charge >= 0.3 is 11.9 Å². The molecule has 1 aromatic carbocycles. The molecule has 9 heteroatoms. The van der Waals surface area contributed by atoms with Crippen molar-refractivity contribution >= 4 is 33.9 Å². The summed E-state index contributed by atoms with van der Waals surface area (Å²) in [4.78, 5) is 27.6. The number of carbonyl (C=O) groups is 2. The molecule has 0 saturated carbocycles. The predicted molar refractivity (Wildman–Crippen MR) is 165 cm³/mol. The maximum absolute atomic E-state index is 11.7. The molecule has 0 aliphatic heterocycles. The van der Waals surface area contributed by atoms with Crippen molar-refractivity contribution in [2.24, 2.45) is 14.1 Å². The van der Waals surface area contributed by atoms with E-state index in [2.05, 4.69) is 24.1 Å². The van der Waals surface area contributed by atoms with Crippen LogP contribution in [0.1, 0.15) is 72.6 Å². The van der Waals surface area contributed by atoms with Crippen molar-refractivity contribution in [3.63, 3.8) is 0 Å². The SMILES string of the molecule is C\C=C/C(=C\C=C/NC(C)(C)c1cn(C)c2ccc(C(=O)O)nc12)COc1cc(C(C)C)c2c(c1)cc(C(=O)O)n2C. The van der Waals surface area contributed by atoms with Crippen LogP contribution in [0.2, 0.25) is 0 Å². The van der Waals surface area contributed by atoms with Crippen molar-refractivity contribution in [1.29, 1.82) is 0 Å². The van der Waals surface area contributed by atoms with Crippen LogP contribution in [-0.4, -0.2) is 42.9 Å². The minimum atomic E-state index is -1.06. The Labute approximate surface area is 245 Å². The summed E-state index contributed by atoms with van der Waals surface area (Å²) >= 11 is 0. The smallest absolute Gasteiger partial charge is 0.354 e. The highest BCUT2D eigenvalue weighted by Crippen LogP contribution is 2.33. The fourth-order valence-electron chi connectivity index (χ4n) is 5.12. The second-order valence-corrected chi connectivity index (χ2v) is 11.2. The van der Waals surface area contributed by atoms with Gasteiger partial charge in [0, 0.05) is 31.2 Å². The maximum Gasteiger partial charge on any atom is 0.354 e. The number of hydrogen-bond acceptors (Lipinski definition) is 5. The molecule has 0 fully saturated rings. The van der Waals surface area contributed by atoms with Gasteiger partial charge < -0.3 is 29.4 Å². The van der Waals surface area contributed by atoms with E-state index in [4.69, 9.17) is 4.74 Å². The molecule has 0 atom stereocenters. The lowest BCUT2D eigenvalue weighted by Gasteiger charge is -2.24. The maximum atomic E-state index is 11.7. The van der Waals surface area contributed by atoms with E-state index >= 15 is 0 Å². The third kappa shape index (κ3) is 6.10. The summed E-state index contributed by atoms with van der Waals surface area (Å²) in [7, 11) is 3.69. The molecule has 0 spiro atoms. The van der Waals surface area contributed by atoms with Gasteiger partial charge in [-0.1, -0.05) is 32.1 Å². The molecule has 9 nitrogen and oxygen atoms in total. The number of aromatic carboxylic acids is 2. The number of benzene rings is 1. The van der Waals surface area contributed by atoms with Crippen molar-refractivity contribution < 1.29 is 24.5 Å². The Morgan fingerprint density at radius 2 is 1.86 bits per heavy atom. The van der Waals surface area contributed by atoms with Crippen molar-refractivity contribution in [2.45, 2.75) is 46.1 Å². The Morgan fingerprint density at radius 1 is 1.12 bits per heavy atom. The number of fused-ring (bicyclic) bond motifs is 2. The van der Waals surface area contributed by atoms with Crippen LogP contribution in [0.3, 0.4) is 0 Å². The number of aryl methyl sites for hydroxylation is 2. The van der Waals surface area contributed by atoms with Crippen molar-refractivity contribution in [1.82, 2.24) is 19.4 Å². The average molecular weight is 571 g/mol. The first-order valence-electron chi connectivity index (χ1n) is 13.8. The first-order chi connectivity index (χ1) is 19.8. The van der Waals surface area contributed by atoms with Gasteiger partial charge in [-0.05, 0) is 80.4 Å². The van der Waals surface area contributed by atoms with Gasteiger partial charge in [-0.2, -0.15) is 0 Å². The zero-order valence-corrected chi connectivity index (χ0v) is 25.1. The number of hydrogen-bond donors (Lipinski definition) is 3. The van der Waals surface area contributed by atoms with E-state index in [0.717, 1.165) is 33.1 Å². The van der Waals surface area contributed by atoms with Crippen LogP contribution in [0.4, 0.5) is 0 Å². The van der Waals surface area contributed by atoms with Gasteiger partial charge in [0.2, 0.25) is 0 Å². The van der Waals surface area contributed by atoms with Crippen molar-refractivity contribution in [3.8, 4) is 5.75 Å². The Bertz CT molecular complexity index is 1750. The number of allylic oxidation sites excluding steroid dienone is 3. The summed E-state index contributed by atoms with van der Waals surface area (Å²) in [6.07, 6.45) is 11.6. The largest absolute Gasteiger partial charge is 0.489 e. The van der Waals surface area contributed by atoms with Gasteiger partial charge in [0.05, 0.1) is 22.1 Å². The Hall–Kier alpha value is -4.79. The van der Waals surface area contributed by atoms with Gasteiger partial charge in [-0.25, -0.2) is 14.6 Å². The molecule has 220 valence electrons. The molecule has 0 bridgehead atoms. The van der Waals surface area contributed by atoms with Gasteiger partial charge in [0.1, 0.15) is 23.7 Å². The van der Waals surface area contributed by atoms with Gasteiger partial charge in [-0.15, -0.1) is 0 Å². The molecule has 3 aromatic heterocycles. The fourth-order valence-corrected chi connectivity index (χ4v) is 5.12. The summed E-state index contributed by atoms with van der Waals surface area (Å²) in [5, 5.41) is 23.2. The number of pyridine rings is 1. The third-order valence-electron chi connectivity index (χ3n) is 7.33. The highest BCUT2D eigenvalue weighted by molar-refractivity contribution is 5.96. The van der Waals surface area contributed by atoms with Gasteiger partial charge in [-0.3, -0.25) is 0 Å². The minimum absolute atomic E-state index is 0.00877. The first kappa shape index (κ1) is 30.2. The number of ether oxygens (including phenoxy) is 1. The highest BCUT2D eigenvalue weighted by atomic mass is 16.5. The molecule has 0 amide bonds. The van der Waals surface area contributed by atoms with E-state index in [1.54, 1.807) is 23.7 Å². The van der Waals surface area contributed by atoms with Crippen LogP contribution in [-0.2, 0) is 19.6 Å². The van der Waals surface area contributed by atoms with E-state index in [1.807, 2.05) is 81.2 Å². The van der Waals surface area contributed by atoms with E-state index in [9.17, 15) is 19.8 Å². The third-order valence-corrected chi connectivity index (χ3v) is 7.33. The molecule has 0 aliphatic rings. The molecule has 4 rings (SSSR count). The minimum Gasteiger partial charge on any atom is -0.489 e. The van der Waals surface area contributed by atoms with Crippen LogP contribution < -0.4 is 10.1 Å². The van der Waals surface area contributed by atoms with Crippen molar-refractivity contribution in [2.75, 3.05) is 6.61 Å². The monoisotopic (exact) mass is 570 g/mol. The summed E-state index contributed by atoms with van der Waals surface area (Å²) in [6.45, 7) is 10.5. The molecule has 42 heavy (non-hydrogen) atoms. The lowest BCUT2D eigenvalue weighted by molar-refractivity contribution is 0.0678. The molecule has 0 saturated heterocycles. The summed E-state index contributed by atoms with van der Waals surface area (Å²) in [5.41, 5.74) is 4.97. The lowest BCUT2D eigenvalue weighted by atomic mass is 9.96. The van der Waals surface area contributed by atoms with Gasteiger partial charge in [0.25, 0.3) is 0 Å². The molecular weight excluding hydrogens is 532 g/mol. The quantitative estimate of drug-likeness (QED) is 0.176. The number of rotatable bonds is 11. The van der Waals surface area contributed by atoms with Crippen LogP contribution in [0.5, 0.6) is 5.75 Å². The van der Waals surface area contributed by atoms with Crippen LogP contribution in [0.25, 0.3) is 21.9 Å². The summed E-state index contributed by atoms with van der Waals surface area (Å²) < 4.78 is 9.85. The summed E-state index contributed by atoms with van der Waals surface area (Å²) in [5.74, 6) is -1.16. The standard InChI is InChI=1S/C33H38N4O5/c1-8-10-21(19-42-23-15-22-16-28(32(40)41)37(7)30(22)24(17-23)20(2)3)11-9-14-34-33(4,5)25-18-36(6)27-13-12-26(31(38)39)35-29(25)27/h8-18,20,34H,19H2,1-7H3,(H,38,39)(H,40,41)/b10-8-,14-9-,21-11+. The number of aromatic nitrogens is 3. The zero-order valence-electron chi connectivity index (χ0n) is 25.1. The van der Waals surface area contributed by atoms with E-state index < -0.39 is 17.5 Å². The second kappa shape index (κ2) is 12.0. The molecule has 0 radical (unpaired) electrons. The number of carboxylic acid groups (broad SMARTS) is 2. The van der Waals surface area contributed by atoms with Crippen LogP contribution in [0.15, 0.2) is 72.6 Å². The average Bonchev–Trinajstić information content (AvgIpc) is 3.45. The Balaban J connectivity index is 1.53. The molecule has 0 unspecified atom stereocenters. The van der Waals surface area contributed by atoms with Crippen LogP contribution >= 0.6 is 0 Å². The summed E-state index contributed by atoms with van der Waals surface area (Å²) in [6, 6.07) is 8.84. The molecular formula is C33H38N4O5. The second-order valence-electron chi connectivity index (χ2n) is 11.2. The topological polar surface area (TPSA) is 119 Å². The van der Waals surface area contributed by atoms with E-state index in [-0.39, 0.29) is 17.3 Å². The first-order valence-corrected chi connectivity index (χ1v) is 13.8. The fraction of sp³-hybridized carbons (Fsp3) is 0.303. The highest BCUT2D eigenvalue weighted by Gasteiger charge is 2.25. The number of carboxylic acids is 2. The number of nitrogens with zero attached hydrogens (tertiary/aromatic N) is 3. The van der Waals surface area contributed by atoms with Gasteiger partial charge in [0.15, 0.2) is 0 Å². The van der Waals surface area contributed by atoms with Crippen LogP contribution in [0, 0.1) is 0 Å². The van der Waals surface area contributed by atoms with Crippen molar-refractivity contribution in [3.05, 3.63) is 95.1 Å². The molecule has 0 aliphatic carbocycles. The lowest BCUT2D eigenvalue weighted by Crippen LogP contribution is -2.32. The molecule has 3 N–H and O–H groups in total. The van der Waals surface area contributed by atoms with E-state index in [1.165, 1.54) is 6.07 Å². The Morgan fingerprint density at radius 3 is 2.50 bits per heavy atom. The van der Waals surface area contributed by atoms with E-state index in [0.29, 0.717) is 17.9 Å². The Kier molecular flexibility index (Phi) is 8.61. The molecule has 3 heterocycles. The number of nitrogens with one attached hydrogen (secondary N) is 1. The zero-order chi connectivity index (χ0) is 30.8. The normalized spacial score (nSPS) is 12.8. The predicted octanol–water partition coefficient (Wildman–Crippen LogP) is 6.50.